The summed E-state index contributed by atoms with van der Waals surface area (Å²) in [5.74, 6) is 2.15. The number of hydrogen-bond donors (Lipinski definition) is 0. The van der Waals surface area contributed by atoms with E-state index in [1.54, 1.807) is 0 Å². The molecule has 0 aromatic carbocycles. The summed E-state index contributed by atoms with van der Waals surface area (Å²) in [7, 11) is 0. The summed E-state index contributed by atoms with van der Waals surface area (Å²) in [5.41, 5.74) is 0. The molecule has 0 aromatic heterocycles. The molecular weight excluding hydrogens is 200 g/mol. The maximum absolute atomic E-state index is 12.0. The van der Waals surface area contributed by atoms with E-state index in [1.165, 1.54) is 0 Å². The summed E-state index contributed by atoms with van der Waals surface area (Å²) >= 11 is 0. The van der Waals surface area contributed by atoms with E-state index < -0.39 is 0 Å². The van der Waals surface area contributed by atoms with Crippen molar-refractivity contribution in [2.45, 2.75) is 33.7 Å². The SMILES string of the molecule is CC(C)C1CN(C(=O)C2CN(C(C)C)C2)C1. The Bertz CT molecular complexity index is 237. The fourth-order valence-electron chi connectivity index (χ4n) is 2.46. The molecule has 3 heteroatoms. The summed E-state index contributed by atoms with van der Waals surface area (Å²) in [6.07, 6.45) is 0. The van der Waals surface area contributed by atoms with Crippen molar-refractivity contribution >= 4 is 5.91 Å². The maximum Gasteiger partial charge on any atom is 0.228 e. The topological polar surface area (TPSA) is 23.6 Å². The molecule has 1 amide bonds. The van der Waals surface area contributed by atoms with Gasteiger partial charge in [0.25, 0.3) is 0 Å². The van der Waals surface area contributed by atoms with E-state index in [9.17, 15) is 4.79 Å². The summed E-state index contributed by atoms with van der Waals surface area (Å²) in [4.78, 5) is 16.5. The van der Waals surface area contributed by atoms with Gasteiger partial charge in [-0.1, -0.05) is 13.8 Å². The van der Waals surface area contributed by atoms with Crippen molar-refractivity contribution in [1.82, 2.24) is 9.80 Å². The van der Waals surface area contributed by atoms with E-state index in [0.29, 0.717) is 11.9 Å². The summed E-state index contributed by atoms with van der Waals surface area (Å²) in [5, 5.41) is 0. The molecule has 0 bridgehead atoms. The molecule has 0 unspecified atom stereocenters. The van der Waals surface area contributed by atoms with Crippen LogP contribution in [0.4, 0.5) is 0 Å². The third-order valence-corrected chi connectivity index (χ3v) is 4.15. The zero-order chi connectivity index (χ0) is 11.9. The van der Waals surface area contributed by atoms with Crippen LogP contribution in [0.5, 0.6) is 0 Å². The largest absolute Gasteiger partial charge is 0.342 e. The minimum atomic E-state index is 0.288. The van der Waals surface area contributed by atoms with E-state index in [0.717, 1.165) is 38.0 Å². The van der Waals surface area contributed by atoms with Gasteiger partial charge < -0.3 is 4.90 Å². The van der Waals surface area contributed by atoms with Gasteiger partial charge in [-0.05, 0) is 25.7 Å². The van der Waals surface area contributed by atoms with Gasteiger partial charge in [0.1, 0.15) is 0 Å². The highest BCUT2D eigenvalue weighted by atomic mass is 16.2. The quantitative estimate of drug-likeness (QED) is 0.724. The van der Waals surface area contributed by atoms with Gasteiger partial charge in [0.15, 0.2) is 0 Å². The normalized spacial score (nSPS) is 23.8. The smallest absolute Gasteiger partial charge is 0.228 e. The summed E-state index contributed by atoms with van der Waals surface area (Å²) in [6.45, 7) is 12.8. The van der Waals surface area contributed by atoms with Crippen LogP contribution >= 0.6 is 0 Å². The second-order valence-corrected chi connectivity index (χ2v) is 5.99. The van der Waals surface area contributed by atoms with Crippen molar-refractivity contribution < 1.29 is 4.79 Å². The number of amides is 1. The summed E-state index contributed by atoms with van der Waals surface area (Å²) in [6, 6.07) is 0.587. The molecule has 2 heterocycles. The molecule has 2 aliphatic rings. The molecule has 3 nitrogen and oxygen atoms in total. The lowest BCUT2D eigenvalue weighted by Crippen LogP contribution is -2.61. The third-order valence-electron chi connectivity index (χ3n) is 4.15. The first-order valence-corrected chi connectivity index (χ1v) is 6.52. The number of nitrogens with zero attached hydrogens (tertiary/aromatic N) is 2. The minimum Gasteiger partial charge on any atom is -0.342 e. The molecule has 0 atom stereocenters. The van der Waals surface area contributed by atoms with Gasteiger partial charge in [-0.25, -0.2) is 0 Å². The predicted octanol–water partition coefficient (Wildman–Crippen LogP) is 1.44. The molecule has 2 saturated heterocycles. The van der Waals surface area contributed by atoms with Gasteiger partial charge in [0.2, 0.25) is 5.91 Å². The van der Waals surface area contributed by atoms with Crippen molar-refractivity contribution in [1.29, 1.82) is 0 Å². The van der Waals surface area contributed by atoms with E-state index in [4.69, 9.17) is 0 Å². The lowest BCUT2D eigenvalue weighted by atomic mass is 9.86. The number of carbonyl (C=O) groups excluding carboxylic acids is 1. The Labute approximate surface area is 98.8 Å². The fourth-order valence-corrected chi connectivity index (χ4v) is 2.46. The molecule has 0 aromatic rings. The number of likely N-dealkylation sites (tertiary alicyclic amines) is 2. The highest BCUT2D eigenvalue weighted by Gasteiger charge is 2.40. The molecule has 0 saturated carbocycles. The first-order chi connectivity index (χ1) is 7.49. The first kappa shape index (κ1) is 11.9. The van der Waals surface area contributed by atoms with E-state index in [1.807, 2.05) is 4.90 Å². The number of carbonyl (C=O) groups is 1. The Balaban J connectivity index is 1.72. The zero-order valence-electron chi connectivity index (χ0n) is 10.9. The van der Waals surface area contributed by atoms with Gasteiger partial charge in [-0.3, -0.25) is 9.69 Å². The van der Waals surface area contributed by atoms with E-state index in [2.05, 4.69) is 32.6 Å². The average molecular weight is 224 g/mol. The Morgan fingerprint density at radius 1 is 1.06 bits per heavy atom. The molecule has 2 fully saturated rings. The number of rotatable bonds is 3. The van der Waals surface area contributed by atoms with Crippen LogP contribution < -0.4 is 0 Å². The lowest BCUT2D eigenvalue weighted by molar-refractivity contribution is -0.149. The molecule has 2 rings (SSSR count). The van der Waals surface area contributed by atoms with Gasteiger partial charge in [0, 0.05) is 32.2 Å². The third kappa shape index (κ3) is 2.10. The van der Waals surface area contributed by atoms with Crippen molar-refractivity contribution in [3.8, 4) is 0 Å². The van der Waals surface area contributed by atoms with Gasteiger partial charge in [-0.2, -0.15) is 0 Å². The number of hydrogen-bond acceptors (Lipinski definition) is 2. The highest BCUT2D eigenvalue weighted by molar-refractivity contribution is 5.81. The molecule has 0 radical (unpaired) electrons. The molecular formula is C13H24N2O. The molecule has 16 heavy (non-hydrogen) atoms. The fraction of sp³-hybridized carbons (Fsp3) is 0.923. The molecule has 2 aliphatic heterocycles. The Morgan fingerprint density at radius 3 is 2.06 bits per heavy atom. The van der Waals surface area contributed by atoms with Crippen LogP contribution in [0.25, 0.3) is 0 Å². The Hall–Kier alpha value is -0.570. The second-order valence-electron chi connectivity index (χ2n) is 5.99. The van der Waals surface area contributed by atoms with E-state index >= 15 is 0 Å². The Morgan fingerprint density at radius 2 is 1.62 bits per heavy atom. The van der Waals surface area contributed by atoms with Crippen molar-refractivity contribution in [3.05, 3.63) is 0 Å². The predicted molar refractivity (Wildman–Crippen MR) is 65.1 cm³/mol. The van der Waals surface area contributed by atoms with Crippen molar-refractivity contribution in [2.75, 3.05) is 26.2 Å². The minimum absolute atomic E-state index is 0.288. The molecule has 92 valence electrons. The highest BCUT2D eigenvalue weighted by Crippen LogP contribution is 2.28. The van der Waals surface area contributed by atoms with Gasteiger partial charge in [-0.15, -0.1) is 0 Å². The van der Waals surface area contributed by atoms with Gasteiger partial charge >= 0.3 is 0 Å². The standard InChI is InChI=1S/C13H24N2O/c1-9(2)11-5-15(6-11)13(16)12-7-14(8-12)10(3)4/h9-12H,5-8H2,1-4H3. The second kappa shape index (κ2) is 4.36. The van der Waals surface area contributed by atoms with Crippen LogP contribution in [0, 0.1) is 17.8 Å². The molecule has 0 aliphatic carbocycles. The Kier molecular flexibility index (Phi) is 3.24. The van der Waals surface area contributed by atoms with E-state index in [-0.39, 0.29) is 5.92 Å². The first-order valence-electron chi connectivity index (χ1n) is 6.52. The van der Waals surface area contributed by atoms with Crippen LogP contribution in [0.15, 0.2) is 0 Å². The lowest BCUT2D eigenvalue weighted by Gasteiger charge is -2.48. The average Bonchev–Trinajstić information content (AvgIpc) is 1.95. The van der Waals surface area contributed by atoms with Crippen LogP contribution in [0.3, 0.4) is 0 Å². The van der Waals surface area contributed by atoms with Gasteiger partial charge in [0.05, 0.1) is 5.92 Å². The zero-order valence-corrected chi connectivity index (χ0v) is 10.9. The molecule has 0 spiro atoms. The summed E-state index contributed by atoms with van der Waals surface area (Å²) < 4.78 is 0. The van der Waals surface area contributed by atoms with Crippen LogP contribution in [0.2, 0.25) is 0 Å². The van der Waals surface area contributed by atoms with Crippen molar-refractivity contribution in [2.24, 2.45) is 17.8 Å². The maximum atomic E-state index is 12.0. The van der Waals surface area contributed by atoms with Crippen LogP contribution in [0.1, 0.15) is 27.7 Å². The molecule has 0 N–H and O–H groups in total. The van der Waals surface area contributed by atoms with Crippen LogP contribution in [-0.2, 0) is 4.79 Å². The monoisotopic (exact) mass is 224 g/mol. The van der Waals surface area contributed by atoms with Crippen LogP contribution in [-0.4, -0.2) is 47.9 Å². The van der Waals surface area contributed by atoms with Crippen molar-refractivity contribution in [3.63, 3.8) is 0 Å².